The van der Waals surface area contributed by atoms with E-state index in [2.05, 4.69) is 31.4 Å². The summed E-state index contributed by atoms with van der Waals surface area (Å²) < 4.78 is 0.754. The summed E-state index contributed by atoms with van der Waals surface area (Å²) in [5.74, 6) is 0. The Morgan fingerprint density at radius 3 is 2.08 bits per heavy atom. The molecule has 0 aliphatic rings. The van der Waals surface area contributed by atoms with Crippen LogP contribution in [0.15, 0.2) is 0 Å². The minimum Gasteiger partial charge on any atom is -0.358 e. The molecule has 0 heterocycles. The van der Waals surface area contributed by atoms with E-state index in [4.69, 9.17) is 12.2 Å². The maximum absolute atomic E-state index is 5.07. The molecule has 0 aliphatic carbocycles. The van der Waals surface area contributed by atoms with E-state index in [9.17, 15) is 0 Å². The van der Waals surface area contributed by atoms with E-state index in [-0.39, 0.29) is 0 Å². The van der Waals surface area contributed by atoms with Crippen molar-refractivity contribution in [2.45, 2.75) is 46.0 Å². The Labute approximate surface area is 93.3 Å². The predicted octanol–water partition coefficient (Wildman–Crippen LogP) is 3.49. The lowest BCUT2D eigenvalue weighted by Crippen LogP contribution is -2.28. The van der Waals surface area contributed by atoms with Gasteiger partial charge >= 0.3 is 0 Å². The summed E-state index contributed by atoms with van der Waals surface area (Å²) in [6, 6.07) is 0. The molecule has 0 aromatic rings. The standard InChI is InChI=1S/C10H21NS2/c1-3-5-7-9-11(10(12)13)8-6-4-2/h3-9H2,1-2H3,(H,12,13). The second kappa shape index (κ2) is 8.82. The molecule has 0 unspecified atom stereocenters. The molecule has 0 radical (unpaired) electrons. The zero-order valence-corrected chi connectivity index (χ0v) is 10.5. The highest BCUT2D eigenvalue weighted by atomic mass is 32.1. The van der Waals surface area contributed by atoms with E-state index < -0.39 is 0 Å². The molecule has 1 nitrogen and oxygen atoms in total. The van der Waals surface area contributed by atoms with Crippen molar-refractivity contribution < 1.29 is 0 Å². The van der Waals surface area contributed by atoms with Crippen LogP contribution in [-0.4, -0.2) is 22.3 Å². The number of unbranched alkanes of at least 4 members (excludes halogenated alkanes) is 3. The van der Waals surface area contributed by atoms with Crippen molar-refractivity contribution in [2.24, 2.45) is 0 Å². The number of rotatable bonds is 7. The molecule has 0 bridgehead atoms. The molecule has 0 saturated carbocycles. The summed E-state index contributed by atoms with van der Waals surface area (Å²) in [6.07, 6.45) is 6.23. The Kier molecular flexibility index (Phi) is 8.98. The number of thiol groups is 1. The van der Waals surface area contributed by atoms with Crippen LogP contribution in [0.5, 0.6) is 0 Å². The van der Waals surface area contributed by atoms with E-state index >= 15 is 0 Å². The fourth-order valence-electron chi connectivity index (χ4n) is 1.20. The van der Waals surface area contributed by atoms with Gasteiger partial charge < -0.3 is 4.90 Å². The lowest BCUT2D eigenvalue weighted by molar-refractivity contribution is 0.406. The van der Waals surface area contributed by atoms with Gasteiger partial charge in [0.2, 0.25) is 0 Å². The normalized spacial score (nSPS) is 10.1. The zero-order chi connectivity index (χ0) is 10.1. The Hall–Kier alpha value is 0.240. The maximum Gasteiger partial charge on any atom is 0.133 e. The quantitative estimate of drug-likeness (QED) is 0.397. The van der Waals surface area contributed by atoms with E-state index in [0.29, 0.717) is 0 Å². The van der Waals surface area contributed by atoms with Crippen LogP contribution in [0.4, 0.5) is 0 Å². The zero-order valence-electron chi connectivity index (χ0n) is 8.75. The third kappa shape index (κ3) is 7.32. The van der Waals surface area contributed by atoms with Gasteiger partial charge in [-0.05, 0) is 12.8 Å². The van der Waals surface area contributed by atoms with Crippen LogP contribution in [0.2, 0.25) is 0 Å². The van der Waals surface area contributed by atoms with Gasteiger partial charge in [0.1, 0.15) is 4.32 Å². The van der Waals surface area contributed by atoms with Crippen molar-refractivity contribution in [3.05, 3.63) is 0 Å². The van der Waals surface area contributed by atoms with E-state index in [1.165, 1.54) is 32.1 Å². The van der Waals surface area contributed by atoms with Crippen LogP contribution in [0.1, 0.15) is 46.0 Å². The van der Waals surface area contributed by atoms with Gasteiger partial charge in [-0.25, -0.2) is 0 Å². The summed E-state index contributed by atoms with van der Waals surface area (Å²) in [5.41, 5.74) is 0. The molecule has 0 atom stereocenters. The van der Waals surface area contributed by atoms with Gasteiger partial charge in [0, 0.05) is 13.1 Å². The molecule has 0 N–H and O–H groups in total. The number of hydrogen-bond acceptors (Lipinski definition) is 1. The van der Waals surface area contributed by atoms with Gasteiger partial charge in [0.25, 0.3) is 0 Å². The van der Waals surface area contributed by atoms with Crippen molar-refractivity contribution in [3.8, 4) is 0 Å². The van der Waals surface area contributed by atoms with Crippen LogP contribution in [0.25, 0.3) is 0 Å². The Morgan fingerprint density at radius 2 is 1.62 bits per heavy atom. The average molecular weight is 219 g/mol. The van der Waals surface area contributed by atoms with Crippen molar-refractivity contribution in [3.63, 3.8) is 0 Å². The van der Waals surface area contributed by atoms with Gasteiger partial charge in [0.15, 0.2) is 0 Å². The minimum atomic E-state index is 0.754. The molecule has 0 aromatic heterocycles. The van der Waals surface area contributed by atoms with Gasteiger partial charge in [-0.1, -0.05) is 45.3 Å². The first-order valence-electron chi connectivity index (χ1n) is 5.20. The van der Waals surface area contributed by atoms with Crippen molar-refractivity contribution >= 4 is 29.2 Å². The van der Waals surface area contributed by atoms with E-state index in [1.54, 1.807) is 0 Å². The topological polar surface area (TPSA) is 3.24 Å². The van der Waals surface area contributed by atoms with Crippen LogP contribution in [-0.2, 0) is 0 Å². The number of hydrogen-bond donors (Lipinski definition) is 1. The first-order valence-corrected chi connectivity index (χ1v) is 6.05. The summed E-state index contributed by atoms with van der Waals surface area (Å²) in [7, 11) is 0. The summed E-state index contributed by atoms with van der Waals surface area (Å²) in [4.78, 5) is 2.21. The molecule has 0 aliphatic heterocycles. The van der Waals surface area contributed by atoms with Crippen LogP contribution in [0, 0.1) is 0 Å². The van der Waals surface area contributed by atoms with Gasteiger partial charge in [-0.3, -0.25) is 0 Å². The van der Waals surface area contributed by atoms with Gasteiger partial charge in [0.05, 0.1) is 0 Å². The molecular formula is C10H21NS2. The van der Waals surface area contributed by atoms with Crippen molar-refractivity contribution in [1.29, 1.82) is 0 Å². The molecule has 0 amide bonds. The molecule has 0 aromatic carbocycles. The van der Waals surface area contributed by atoms with Crippen LogP contribution >= 0.6 is 24.8 Å². The lowest BCUT2D eigenvalue weighted by Gasteiger charge is -2.22. The predicted molar refractivity (Wildman–Crippen MR) is 67.6 cm³/mol. The van der Waals surface area contributed by atoms with Crippen molar-refractivity contribution in [2.75, 3.05) is 13.1 Å². The molecule has 0 fully saturated rings. The minimum absolute atomic E-state index is 0.754. The van der Waals surface area contributed by atoms with E-state index in [0.717, 1.165) is 17.4 Å². The molecule has 13 heavy (non-hydrogen) atoms. The molecule has 0 saturated heterocycles. The SMILES string of the molecule is CCCCCN(CCCC)C(=S)S. The lowest BCUT2D eigenvalue weighted by atomic mass is 10.2. The highest BCUT2D eigenvalue weighted by Gasteiger charge is 2.03. The first kappa shape index (κ1) is 13.2. The third-order valence-electron chi connectivity index (χ3n) is 2.08. The fourth-order valence-corrected chi connectivity index (χ4v) is 1.59. The third-order valence-corrected chi connectivity index (χ3v) is 2.62. The number of nitrogens with zero attached hydrogens (tertiary/aromatic N) is 1. The monoisotopic (exact) mass is 219 g/mol. The summed E-state index contributed by atoms with van der Waals surface area (Å²) in [6.45, 7) is 6.57. The molecule has 0 spiro atoms. The van der Waals surface area contributed by atoms with Crippen molar-refractivity contribution in [1.82, 2.24) is 4.90 Å². The molecule has 0 rings (SSSR count). The largest absolute Gasteiger partial charge is 0.358 e. The Morgan fingerprint density at radius 1 is 1.08 bits per heavy atom. The van der Waals surface area contributed by atoms with Gasteiger partial charge in [-0.15, -0.1) is 12.6 Å². The van der Waals surface area contributed by atoms with E-state index in [1.807, 2.05) is 0 Å². The van der Waals surface area contributed by atoms with Crippen LogP contribution in [0.3, 0.4) is 0 Å². The fraction of sp³-hybridized carbons (Fsp3) is 0.900. The second-order valence-corrected chi connectivity index (χ2v) is 4.44. The number of thiocarbonyl (C=S) groups is 1. The molecular weight excluding hydrogens is 198 g/mol. The Balaban J connectivity index is 3.61. The maximum atomic E-state index is 5.07. The van der Waals surface area contributed by atoms with Crippen LogP contribution < -0.4 is 0 Å². The molecule has 3 heteroatoms. The smallest absolute Gasteiger partial charge is 0.133 e. The molecule has 78 valence electrons. The average Bonchev–Trinajstić information content (AvgIpc) is 2.10. The first-order chi connectivity index (χ1) is 6.22. The summed E-state index contributed by atoms with van der Waals surface area (Å²) in [5, 5.41) is 0. The Bertz CT molecular complexity index is 137. The highest BCUT2D eigenvalue weighted by molar-refractivity contribution is 8.10. The second-order valence-electron chi connectivity index (χ2n) is 3.33. The highest BCUT2D eigenvalue weighted by Crippen LogP contribution is 2.04. The summed E-state index contributed by atoms with van der Waals surface area (Å²) >= 11 is 9.30. The van der Waals surface area contributed by atoms with Gasteiger partial charge in [-0.2, -0.15) is 0 Å².